The number of hydrogen-bond acceptors (Lipinski definition) is 0. The van der Waals surface area contributed by atoms with Gasteiger partial charge >= 0.3 is 0 Å². The van der Waals surface area contributed by atoms with E-state index in [9.17, 15) is 0 Å². The molecular weight excluding hydrogens is 1090 g/mol. The van der Waals surface area contributed by atoms with Crippen molar-refractivity contribution in [2.45, 2.75) is 212 Å². The fourth-order valence-electron chi connectivity index (χ4n) is 10.9. The summed E-state index contributed by atoms with van der Waals surface area (Å²) in [5, 5.41) is 0. The third-order valence-electron chi connectivity index (χ3n) is 16.0. The fourth-order valence-corrected chi connectivity index (χ4v) is 13.2. The lowest BCUT2D eigenvalue weighted by molar-refractivity contribution is 0.437. The third-order valence-corrected chi connectivity index (χ3v) is 18.1. The Kier molecular flexibility index (Phi) is 26.5. The second-order valence-electron chi connectivity index (χ2n) is 24.8. The van der Waals surface area contributed by atoms with Crippen molar-refractivity contribution < 1.29 is 0 Å². The van der Waals surface area contributed by atoms with Gasteiger partial charge in [0.1, 0.15) is 0 Å². The van der Waals surface area contributed by atoms with Crippen LogP contribution in [0.3, 0.4) is 0 Å². The minimum atomic E-state index is 0.755. The van der Waals surface area contributed by atoms with Gasteiger partial charge in [-0.15, -0.1) is 0 Å². The van der Waals surface area contributed by atoms with Crippen LogP contribution in [0.1, 0.15) is 208 Å². The van der Waals surface area contributed by atoms with Gasteiger partial charge in [0.25, 0.3) is 0 Å². The summed E-state index contributed by atoms with van der Waals surface area (Å²) in [5.74, 6) is 6.19. The number of benzene rings is 5. The highest BCUT2D eigenvalue weighted by Gasteiger charge is 2.26. The average molecular weight is 1200 g/mol. The van der Waals surface area contributed by atoms with Crippen molar-refractivity contribution in [3.63, 3.8) is 0 Å². The lowest BCUT2D eigenvalue weighted by Gasteiger charge is -2.24. The zero-order valence-corrected chi connectivity index (χ0v) is 52.1. The molecule has 0 N–H and O–H groups in total. The molecule has 0 saturated heterocycles. The van der Waals surface area contributed by atoms with Crippen molar-refractivity contribution >= 4 is 45.2 Å². The maximum absolute atomic E-state index is 2.75. The summed E-state index contributed by atoms with van der Waals surface area (Å²) >= 11 is 5.50. The minimum Gasteiger partial charge on any atom is -0.0628 e. The molecule has 5 aromatic carbocycles. The van der Waals surface area contributed by atoms with Gasteiger partial charge in [-0.1, -0.05) is 257 Å². The van der Waals surface area contributed by atoms with E-state index >= 15 is 0 Å². The van der Waals surface area contributed by atoms with E-state index in [0.717, 1.165) is 73.0 Å². The van der Waals surface area contributed by atoms with Gasteiger partial charge in [0.2, 0.25) is 0 Å². The normalized spacial score (nSPS) is 13.7. The van der Waals surface area contributed by atoms with Crippen LogP contribution in [0.25, 0.3) is 44.5 Å². The Morgan fingerprint density at radius 2 is 0.431 bits per heavy atom. The highest BCUT2D eigenvalue weighted by Crippen LogP contribution is 2.50. The van der Waals surface area contributed by atoms with Crippen LogP contribution in [0.2, 0.25) is 0 Å². The van der Waals surface area contributed by atoms with Crippen molar-refractivity contribution in [3.05, 3.63) is 126 Å². The Hall–Kier alpha value is -2.44. The molecule has 72 heavy (non-hydrogen) atoms. The Morgan fingerprint density at radius 3 is 0.597 bits per heavy atom. The lowest BCUT2D eigenvalue weighted by atomic mass is 9.84. The molecule has 0 fully saturated rings. The largest absolute Gasteiger partial charge is 0.0628 e. The van der Waals surface area contributed by atoms with E-state index in [1.807, 2.05) is 0 Å². The minimum absolute atomic E-state index is 0.755. The fraction of sp³-hybridized carbons (Fsp3) is 0.571. The van der Waals surface area contributed by atoms with Gasteiger partial charge in [0.15, 0.2) is 0 Å². The Balaban J connectivity index is 1.57. The van der Waals surface area contributed by atoms with Crippen LogP contribution in [0.15, 0.2) is 97.1 Å². The van der Waals surface area contributed by atoms with E-state index in [1.54, 1.807) is 0 Å². The van der Waals surface area contributed by atoms with Crippen LogP contribution in [-0.4, -0.2) is 0 Å². The zero-order valence-electron chi connectivity index (χ0n) is 47.8. The molecule has 0 amide bonds. The molecule has 0 aliphatic heterocycles. The molecule has 4 unspecified atom stereocenters. The molecule has 394 valence electrons. The van der Waals surface area contributed by atoms with Crippen molar-refractivity contribution in [2.75, 3.05) is 0 Å². The van der Waals surface area contributed by atoms with Crippen LogP contribution < -0.4 is 0 Å². The Morgan fingerprint density at radius 1 is 0.250 bits per heavy atom. The summed E-state index contributed by atoms with van der Waals surface area (Å²) < 4.78 is 2.68. The molecule has 2 heteroatoms. The summed E-state index contributed by atoms with van der Waals surface area (Å²) in [6.07, 6.45) is 25.6. The van der Waals surface area contributed by atoms with Gasteiger partial charge < -0.3 is 0 Å². The molecule has 0 spiro atoms. The van der Waals surface area contributed by atoms with Crippen molar-refractivity contribution in [1.82, 2.24) is 0 Å². The van der Waals surface area contributed by atoms with E-state index in [0.29, 0.717) is 0 Å². The summed E-state index contributed by atoms with van der Waals surface area (Å²) in [6.45, 7) is 28.7. The second kappa shape index (κ2) is 31.6. The number of rotatable bonds is 32. The summed E-state index contributed by atoms with van der Waals surface area (Å²) in [4.78, 5) is 0. The smallest absolute Gasteiger partial charge is 0.0300 e. The molecule has 0 bridgehead atoms. The van der Waals surface area contributed by atoms with Crippen molar-refractivity contribution in [2.24, 2.45) is 47.3 Å². The van der Waals surface area contributed by atoms with E-state index in [1.165, 1.54) is 177 Å². The topological polar surface area (TPSA) is 0 Å². The van der Waals surface area contributed by atoms with Gasteiger partial charge in [0, 0.05) is 29.4 Å². The SMILES string of the molecule is CC(C)CCCC(C)CCc1ccc(-c2c(I)c(-c3ccc(CCC(C)CCCC(C)C)cc3)c(-c3ccc(CCC(C)CCCC(C)C)cc3)c(I)c2-c2ccc(CCC(C)CCCC(C)C)cc2)cc1. The van der Waals surface area contributed by atoms with Crippen molar-refractivity contribution in [3.8, 4) is 44.5 Å². The molecule has 0 aliphatic carbocycles. The van der Waals surface area contributed by atoms with E-state index in [-0.39, 0.29) is 0 Å². The predicted molar refractivity (Wildman–Crippen MR) is 338 cm³/mol. The van der Waals surface area contributed by atoms with Gasteiger partial charge in [-0.2, -0.15) is 0 Å². The van der Waals surface area contributed by atoms with Gasteiger partial charge in [0.05, 0.1) is 0 Å². The highest BCUT2D eigenvalue weighted by atomic mass is 127. The molecule has 0 aromatic heterocycles. The quantitative estimate of drug-likeness (QED) is 0.0377. The summed E-state index contributed by atoms with van der Waals surface area (Å²) in [6, 6.07) is 39.0. The highest BCUT2D eigenvalue weighted by molar-refractivity contribution is 14.1. The molecule has 4 atom stereocenters. The van der Waals surface area contributed by atoms with Crippen LogP contribution in [0.4, 0.5) is 0 Å². The maximum atomic E-state index is 2.75. The van der Waals surface area contributed by atoms with E-state index in [2.05, 4.69) is 225 Å². The van der Waals surface area contributed by atoms with E-state index < -0.39 is 0 Å². The molecular formula is C70H100I2. The molecule has 0 nitrogen and oxygen atoms in total. The Bertz CT molecular complexity index is 1950. The molecule has 5 aromatic rings. The standard InChI is InChI=1S/C70H100I2/c1-49(2)17-13-21-53(9)25-29-57-33-41-61(42-34-57)65-66(62-43-35-58(36-44-62)30-26-54(10)22-14-18-50(3)4)70(72)68(64-47-39-60(40-48-64)32-28-56(12)24-16-20-52(7)8)67(69(65)71)63-45-37-59(38-46-63)31-27-55(11)23-15-19-51(5)6/h33-56H,13-32H2,1-12H3. The molecule has 0 heterocycles. The Labute approximate surface area is 471 Å². The zero-order chi connectivity index (χ0) is 52.2. The monoisotopic (exact) mass is 1190 g/mol. The van der Waals surface area contributed by atoms with Crippen LogP contribution in [-0.2, 0) is 25.7 Å². The van der Waals surface area contributed by atoms with Crippen LogP contribution >= 0.6 is 45.2 Å². The molecule has 0 saturated carbocycles. The predicted octanol–water partition coefficient (Wildman–Crippen LogP) is 23.1. The third kappa shape index (κ3) is 20.3. The summed E-state index contributed by atoms with van der Waals surface area (Å²) in [5.41, 5.74) is 16.5. The van der Waals surface area contributed by atoms with Gasteiger partial charge in [-0.3, -0.25) is 0 Å². The first-order valence-corrected chi connectivity index (χ1v) is 31.6. The lowest BCUT2D eigenvalue weighted by Crippen LogP contribution is -2.03. The van der Waals surface area contributed by atoms with Gasteiger partial charge in [-0.05, 0) is 188 Å². The van der Waals surface area contributed by atoms with Crippen LogP contribution in [0, 0.1) is 54.5 Å². The van der Waals surface area contributed by atoms with Gasteiger partial charge in [-0.25, -0.2) is 0 Å². The average Bonchev–Trinajstić information content (AvgIpc) is 3.34. The summed E-state index contributed by atoms with van der Waals surface area (Å²) in [7, 11) is 0. The molecule has 0 radical (unpaired) electrons. The second-order valence-corrected chi connectivity index (χ2v) is 26.9. The molecule has 0 aliphatic rings. The first-order valence-electron chi connectivity index (χ1n) is 29.4. The number of hydrogen-bond donors (Lipinski definition) is 0. The number of halogens is 2. The first kappa shape index (κ1) is 60.4. The van der Waals surface area contributed by atoms with Crippen molar-refractivity contribution in [1.29, 1.82) is 0 Å². The molecule has 5 rings (SSSR count). The van der Waals surface area contributed by atoms with Crippen LogP contribution in [0.5, 0.6) is 0 Å². The first-order chi connectivity index (χ1) is 34.5. The maximum Gasteiger partial charge on any atom is 0.0300 e. The van der Waals surface area contributed by atoms with E-state index in [4.69, 9.17) is 0 Å². The number of aryl methyl sites for hydroxylation is 4.